The van der Waals surface area contributed by atoms with E-state index in [-0.39, 0.29) is 18.1 Å². The summed E-state index contributed by atoms with van der Waals surface area (Å²) in [6.45, 7) is 5.76. The molecule has 0 aliphatic carbocycles. The van der Waals surface area contributed by atoms with Gasteiger partial charge in [-0.2, -0.15) is 0 Å². The van der Waals surface area contributed by atoms with Crippen LogP contribution in [0.1, 0.15) is 27.2 Å². The zero-order valence-electron chi connectivity index (χ0n) is 7.68. The van der Waals surface area contributed by atoms with Gasteiger partial charge in [0.2, 0.25) is 5.90 Å². The molecule has 0 radical (unpaired) electrons. The summed E-state index contributed by atoms with van der Waals surface area (Å²) in [6.07, 6.45) is 0.659. The molecule has 0 bridgehead atoms. The topological polar surface area (TPSA) is 42.3 Å². The van der Waals surface area contributed by atoms with Crippen molar-refractivity contribution in [1.29, 1.82) is 5.41 Å². The number of nitrogens with one attached hydrogen (secondary N) is 1. The summed E-state index contributed by atoms with van der Waals surface area (Å²) in [4.78, 5) is 0. The van der Waals surface area contributed by atoms with Crippen molar-refractivity contribution in [3.05, 3.63) is 0 Å². The summed E-state index contributed by atoms with van der Waals surface area (Å²) in [5, 5.41) is 7.43. The monoisotopic (exact) mass is 159 g/mol. The van der Waals surface area contributed by atoms with Crippen LogP contribution in [0.2, 0.25) is 0 Å². The summed E-state index contributed by atoms with van der Waals surface area (Å²) in [7, 11) is 1.59. The van der Waals surface area contributed by atoms with Crippen molar-refractivity contribution in [2.45, 2.75) is 39.4 Å². The lowest BCUT2D eigenvalue weighted by Crippen LogP contribution is -2.26. The minimum absolute atomic E-state index is 0.0618. The highest BCUT2D eigenvalue weighted by atomic mass is 16.5. The maximum absolute atomic E-state index is 7.43. The number of hydrogen-bond acceptors (Lipinski definition) is 3. The lowest BCUT2D eigenvalue weighted by Gasteiger charge is -2.17. The van der Waals surface area contributed by atoms with Gasteiger partial charge in [0.15, 0.2) is 0 Å². The maximum Gasteiger partial charge on any atom is 0.210 e. The highest BCUT2D eigenvalue weighted by molar-refractivity contribution is 5.77. The Morgan fingerprint density at radius 1 is 1.45 bits per heavy atom. The van der Waals surface area contributed by atoms with Gasteiger partial charge in [0.05, 0.1) is 6.10 Å². The van der Waals surface area contributed by atoms with Crippen molar-refractivity contribution >= 4 is 5.90 Å². The number of hydrogen-bond donors (Lipinski definition) is 1. The van der Waals surface area contributed by atoms with E-state index in [0.717, 1.165) is 6.42 Å². The molecule has 0 aliphatic rings. The van der Waals surface area contributed by atoms with Crippen molar-refractivity contribution < 1.29 is 9.47 Å². The van der Waals surface area contributed by atoms with Gasteiger partial charge < -0.3 is 9.47 Å². The summed E-state index contributed by atoms with van der Waals surface area (Å²) < 4.78 is 10.2. The molecule has 0 aromatic rings. The quantitative estimate of drug-likeness (QED) is 0.502. The van der Waals surface area contributed by atoms with Crippen molar-refractivity contribution in [1.82, 2.24) is 0 Å². The van der Waals surface area contributed by atoms with Gasteiger partial charge in [-0.1, -0.05) is 6.92 Å². The fraction of sp³-hybridized carbons (Fsp3) is 0.875. The van der Waals surface area contributed by atoms with E-state index < -0.39 is 0 Å². The molecule has 1 N–H and O–H groups in total. The van der Waals surface area contributed by atoms with Gasteiger partial charge in [-0.05, 0) is 20.3 Å². The van der Waals surface area contributed by atoms with Crippen LogP contribution in [0.4, 0.5) is 0 Å². The maximum atomic E-state index is 7.43. The smallest absolute Gasteiger partial charge is 0.210 e. The van der Waals surface area contributed by atoms with E-state index in [9.17, 15) is 0 Å². The number of rotatable bonds is 4. The molecular weight excluding hydrogens is 142 g/mol. The first-order valence-electron chi connectivity index (χ1n) is 3.89. The van der Waals surface area contributed by atoms with Gasteiger partial charge in [0, 0.05) is 7.11 Å². The van der Waals surface area contributed by atoms with Gasteiger partial charge in [-0.25, -0.2) is 0 Å². The first-order valence-corrected chi connectivity index (χ1v) is 3.89. The van der Waals surface area contributed by atoms with Gasteiger partial charge in [0.1, 0.15) is 6.10 Å². The molecular formula is C8H17NO2. The van der Waals surface area contributed by atoms with E-state index in [2.05, 4.69) is 0 Å². The van der Waals surface area contributed by atoms with Gasteiger partial charge in [0.25, 0.3) is 0 Å². The first-order chi connectivity index (χ1) is 5.11. The molecule has 0 aliphatic heterocycles. The molecule has 0 rings (SSSR count). The van der Waals surface area contributed by atoms with Gasteiger partial charge in [-0.3, -0.25) is 5.41 Å². The molecule has 1 atom stereocenters. The van der Waals surface area contributed by atoms with Crippen molar-refractivity contribution in [2.75, 3.05) is 7.11 Å². The molecule has 0 saturated carbocycles. The molecule has 66 valence electrons. The molecule has 0 aromatic heterocycles. The highest BCUT2D eigenvalue weighted by Crippen LogP contribution is 2.01. The Labute approximate surface area is 68.2 Å². The SMILES string of the molecule is CCC(OC)C(=N)OC(C)C. The van der Waals surface area contributed by atoms with Crippen LogP contribution >= 0.6 is 0 Å². The van der Waals surface area contributed by atoms with Crippen molar-refractivity contribution in [2.24, 2.45) is 0 Å². The Kier molecular flexibility index (Phi) is 4.86. The van der Waals surface area contributed by atoms with Crippen molar-refractivity contribution in [3.8, 4) is 0 Å². The lowest BCUT2D eigenvalue weighted by atomic mass is 10.3. The van der Waals surface area contributed by atoms with Crippen LogP contribution in [0.5, 0.6) is 0 Å². The Hall–Kier alpha value is -0.570. The van der Waals surface area contributed by atoms with Crippen molar-refractivity contribution in [3.63, 3.8) is 0 Å². The second-order valence-electron chi connectivity index (χ2n) is 2.66. The van der Waals surface area contributed by atoms with Crippen LogP contribution in [-0.4, -0.2) is 25.2 Å². The van der Waals surface area contributed by atoms with Gasteiger partial charge in [-0.15, -0.1) is 0 Å². The van der Waals surface area contributed by atoms with E-state index in [1.54, 1.807) is 7.11 Å². The minimum atomic E-state index is -0.183. The second kappa shape index (κ2) is 5.13. The van der Waals surface area contributed by atoms with E-state index in [0.29, 0.717) is 0 Å². The Morgan fingerprint density at radius 3 is 2.27 bits per heavy atom. The molecule has 1 unspecified atom stereocenters. The zero-order chi connectivity index (χ0) is 8.85. The van der Waals surface area contributed by atoms with Crippen LogP contribution in [0, 0.1) is 5.41 Å². The van der Waals surface area contributed by atoms with E-state index in [1.807, 2.05) is 20.8 Å². The first kappa shape index (κ1) is 10.4. The molecule has 0 saturated heterocycles. The standard InChI is InChI=1S/C8H17NO2/c1-5-7(10-4)8(9)11-6(2)3/h6-7,9H,5H2,1-4H3. The fourth-order valence-electron chi connectivity index (χ4n) is 0.789. The van der Waals surface area contributed by atoms with Crippen LogP contribution < -0.4 is 0 Å². The molecule has 3 nitrogen and oxygen atoms in total. The Bertz CT molecular complexity index is 119. The zero-order valence-corrected chi connectivity index (χ0v) is 7.68. The Morgan fingerprint density at radius 2 is 2.00 bits per heavy atom. The average molecular weight is 159 g/mol. The van der Waals surface area contributed by atoms with Gasteiger partial charge >= 0.3 is 0 Å². The van der Waals surface area contributed by atoms with Crippen LogP contribution in [-0.2, 0) is 9.47 Å². The summed E-state index contributed by atoms with van der Waals surface area (Å²) in [6, 6.07) is 0. The third kappa shape index (κ3) is 3.98. The van der Waals surface area contributed by atoms with Crippen LogP contribution in [0.3, 0.4) is 0 Å². The van der Waals surface area contributed by atoms with E-state index >= 15 is 0 Å². The largest absolute Gasteiger partial charge is 0.477 e. The molecule has 0 heterocycles. The molecule has 3 heteroatoms. The summed E-state index contributed by atoms with van der Waals surface area (Å²) in [5.41, 5.74) is 0. The molecule has 0 spiro atoms. The molecule has 0 aromatic carbocycles. The summed E-state index contributed by atoms with van der Waals surface area (Å²) >= 11 is 0. The lowest BCUT2D eigenvalue weighted by molar-refractivity contribution is 0.108. The minimum Gasteiger partial charge on any atom is -0.477 e. The molecule has 0 fully saturated rings. The number of ether oxygens (including phenoxy) is 2. The second-order valence-corrected chi connectivity index (χ2v) is 2.66. The Balaban J connectivity index is 3.79. The molecule has 11 heavy (non-hydrogen) atoms. The average Bonchev–Trinajstić information content (AvgIpc) is 1.88. The predicted octanol–water partition coefficient (Wildman–Crippen LogP) is 1.81. The third-order valence-electron chi connectivity index (χ3n) is 1.31. The van der Waals surface area contributed by atoms with Crippen LogP contribution in [0.15, 0.2) is 0 Å². The van der Waals surface area contributed by atoms with Crippen LogP contribution in [0.25, 0.3) is 0 Å². The van der Waals surface area contributed by atoms with E-state index in [4.69, 9.17) is 14.9 Å². The number of methoxy groups -OCH3 is 1. The normalized spacial score (nSPS) is 13.2. The van der Waals surface area contributed by atoms with E-state index in [1.165, 1.54) is 0 Å². The fourth-order valence-corrected chi connectivity index (χ4v) is 0.789. The third-order valence-corrected chi connectivity index (χ3v) is 1.31. The predicted molar refractivity (Wildman–Crippen MR) is 45.0 cm³/mol. The summed E-state index contributed by atoms with van der Waals surface area (Å²) in [5.74, 6) is 0.227. The molecule has 0 amide bonds. The highest BCUT2D eigenvalue weighted by Gasteiger charge is 2.13.